The summed E-state index contributed by atoms with van der Waals surface area (Å²) in [6.07, 6.45) is 0.973. The third-order valence-electron chi connectivity index (χ3n) is 3.61. The van der Waals surface area contributed by atoms with Crippen LogP contribution >= 0.6 is 0 Å². The smallest absolute Gasteiger partial charge is 0.246 e. The molecule has 2 aromatic carbocycles. The molecule has 0 aliphatic heterocycles. The van der Waals surface area contributed by atoms with Crippen molar-refractivity contribution >= 4 is 28.9 Å². The van der Waals surface area contributed by atoms with Crippen LogP contribution in [0.4, 0.5) is 17.1 Å². The number of benzene rings is 2. The molecule has 2 aromatic rings. The minimum atomic E-state index is -0.387. The average molecular weight is 325 g/mol. The van der Waals surface area contributed by atoms with Gasteiger partial charge < -0.3 is 16.0 Å². The van der Waals surface area contributed by atoms with E-state index >= 15 is 0 Å². The van der Waals surface area contributed by atoms with Crippen molar-refractivity contribution in [2.75, 3.05) is 16.0 Å². The van der Waals surface area contributed by atoms with Crippen LogP contribution in [-0.2, 0) is 16.0 Å². The quantitative estimate of drug-likeness (QED) is 0.759. The Bertz CT molecular complexity index is 694. The molecule has 0 saturated heterocycles. The Hall–Kier alpha value is -2.82. The molecule has 0 fully saturated rings. The molecule has 0 heterocycles. The van der Waals surface area contributed by atoms with Gasteiger partial charge in [0.2, 0.25) is 11.8 Å². The monoisotopic (exact) mass is 325 g/mol. The highest BCUT2D eigenvalue weighted by Crippen LogP contribution is 2.15. The minimum Gasteiger partial charge on any atom is -0.374 e. The van der Waals surface area contributed by atoms with Gasteiger partial charge in [0.15, 0.2) is 0 Å². The molecule has 24 heavy (non-hydrogen) atoms. The van der Waals surface area contributed by atoms with Crippen molar-refractivity contribution in [3.05, 3.63) is 54.1 Å². The van der Waals surface area contributed by atoms with Crippen molar-refractivity contribution in [1.29, 1.82) is 0 Å². The van der Waals surface area contributed by atoms with Crippen LogP contribution in [0.25, 0.3) is 0 Å². The second kappa shape index (κ2) is 8.15. The second-order valence-electron chi connectivity index (χ2n) is 5.66. The van der Waals surface area contributed by atoms with E-state index in [1.807, 2.05) is 36.4 Å². The van der Waals surface area contributed by atoms with E-state index in [2.05, 4.69) is 22.9 Å². The molecule has 1 atom stereocenters. The van der Waals surface area contributed by atoms with Gasteiger partial charge in [0, 0.05) is 24.0 Å². The van der Waals surface area contributed by atoms with Gasteiger partial charge in [0.1, 0.15) is 6.04 Å². The van der Waals surface area contributed by atoms with Crippen LogP contribution in [0.5, 0.6) is 0 Å². The van der Waals surface area contributed by atoms with E-state index in [1.165, 1.54) is 12.5 Å². The van der Waals surface area contributed by atoms with Gasteiger partial charge in [-0.15, -0.1) is 0 Å². The number of rotatable bonds is 6. The van der Waals surface area contributed by atoms with Crippen molar-refractivity contribution in [3.8, 4) is 0 Å². The van der Waals surface area contributed by atoms with Gasteiger partial charge in [-0.1, -0.05) is 19.1 Å². The fourth-order valence-corrected chi connectivity index (χ4v) is 2.24. The zero-order valence-electron chi connectivity index (χ0n) is 14.2. The molecular weight excluding hydrogens is 302 g/mol. The van der Waals surface area contributed by atoms with Crippen LogP contribution in [0.15, 0.2) is 48.5 Å². The van der Waals surface area contributed by atoms with Gasteiger partial charge >= 0.3 is 0 Å². The first kappa shape index (κ1) is 17.5. The lowest BCUT2D eigenvalue weighted by Gasteiger charge is -2.16. The van der Waals surface area contributed by atoms with E-state index < -0.39 is 0 Å². The van der Waals surface area contributed by atoms with E-state index in [1.54, 1.807) is 19.1 Å². The summed E-state index contributed by atoms with van der Waals surface area (Å²) in [5.41, 5.74) is 3.56. The summed E-state index contributed by atoms with van der Waals surface area (Å²) in [4.78, 5) is 23.3. The summed E-state index contributed by atoms with van der Waals surface area (Å²) < 4.78 is 0. The Morgan fingerprint density at radius 1 is 0.875 bits per heavy atom. The van der Waals surface area contributed by atoms with Crippen LogP contribution in [-0.4, -0.2) is 17.9 Å². The lowest BCUT2D eigenvalue weighted by atomic mass is 10.1. The van der Waals surface area contributed by atoms with Crippen LogP contribution in [0.2, 0.25) is 0 Å². The maximum atomic E-state index is 12.3. The molecule has 0 radical (unpaired) electrons. The van der Waals surface area contributed by atoms with Crippen LogP contribution < -0.4 is 16.0 Å². The zero-order chi connectivity index (χ0) is 17.5. The summed E-state index contributed by atoms with van der Waals surface area (Å²) in [6, 6.07) is 14.7. The number of carbonyl (C=O) groups excluding carboxylic acids is 2. The van der Waals surface area contributed by atoms with E-state index in [0.29, 0.717) is 0 Å². The fraction of sp³-hybridized carbons (Fsp3) is 0.263. The van der Waals surface area contributed by atoms with Crippen molar-refractivity contribution in [1.82, 2.24) is 0 Å². The van der Waals surface area contributed by atoms with Gasteiger partial charge in [-0.3, -0.25) is 9.59 Å². The SMILES string of the molecule is CCc1ccc(NC(=O)[C@H](C)Nc2ccc(NC(C)=O)cc2)cc1. The first-order valence-electron chi connectivity index (χ1n) is 8.02. The molecule has 5 nitrogen and oxygen atoms in total. The molecule has 126 valence electrons. The largest absolute Gasteiger partial charge is 0.374 e. The molecule has 0 aliphatic carbocycles. The first-order valence-corrected chi connectivity index (χ1v) is 8.02. The standard InChI is InChI=1S/C19H23N3O2/c1-4-15-5-7-18(8-6-15)22-19(24)13(2)20-16-9-11-17(12-10-16)21-14(3)23/h5-13,20H,4H2,1-3H3,(H,21,23)(H,22,24)/t13-/m0/s1. The predicted octanol–water partition coefficient (Wildman–Crippen LogP) is 3.65. The highest BCUT2D eigenvalue weighted by Gasteiger charge is 2.12. The van der Waals surface area contributed by atoms with Gasteiger partial charge in [0.05, 0.1) is 0 Å². The van der Waals surface area contributed by atoms with Crippen molar-refractivity contribution in [2.24, 2.45) is 0 Å². The molecular formula is C19H23N3O2. The maximum Gasteiger partial charge on any atom is 0.246 e. The normalized spacial score (nSPS) is 11.5. The lowest BCUT2D eigenvalue weighted by molar-refractivity contribution is -0.116. The zero-order valence-corrected chi connectivity index (χ0v) is 14.2. The highest BCUT2D eigenvalue weighted by atomic mass is 16.2. The summed E-state index contributed by atoms with van der Waals surface area (Å²) >= 11 is 0. The maximum absolute atomic E-state index is 12.3. The van der Waals surface area contributed by atoms with Crippen molar-refractivity contribution in [2.45, 2.75) is 33.2 Å². The molecule has 0 spiro atoms. The third kappa shape index (κ3) is 5.12. The summed E-state index contributed by atoms with van der Waals surface area (Å²) in [5.74, 6) is -0.220. The molecule has 2 rings (SSSR count). The van der Waals surface area contributed by atoms with Crippen molar-refractivity contribution in [3.63, 3.8) is 0 Å². The Kier molecular flexibility index (Phi) is 5.95. The Morgan fingerprint density at radius 3 is 1.92 bits per heavy atom. The summed E-state index contributed by atoms with van der Waals surface area (Å²) in [7, 11) is 0. The van der Waals surface area contributed by atoms with Gasteiger partial charge in [-0.25, -0.2) is 0 Å². The molecule has 3 N–H and O–H groups in total. The van der Waals surface area contributed by atoms with Crippen LogP contribution in [0.1, 0.15) is 26.3 Å². The lowest BCUT2D eigenvalue weighted by Crippen LogP contribution is -2.31. The number of hydrogen-bond donors (Lipinski definition) is 3. The third-order valence-corrected chi connectivity index (χ3v) is 3.61. The molecule has 0 unspecified atom stereocenters. The van der Waals surface area contributed by atoms with Gasteiger partial charge in [-0.05, 0) is 55.3 Å². The molecule has 0 aromatic heterocycles. The molecule has 0 saturated carbocycles. The first-order chi connectivity index (χ1) is 11.5. The molecule has 0 bridgehead atoms. The average Bonchev–Trinajstić information content (AvgIpc) is 2.56. The number of amides is 2. The number of aryl methyl sites for hydroxylation is 1. The Balaban J connectivity index is 1.91. The summed E-state index contributed by atoms with van der Waals surface area (Å²) in [6.45, 7) is 5.36. The van der Waals surface area contributed by atoms with E-state index in [9.17, 15) is 9.59 Å². The highest BCUT2D eigenvalue weighted by molar-refractivity contribution is 5.96. The topological polar surface area (TPSA) is 70.2 Å². The Morgan fingerprint density at radius 2 is 1.38 bits per heavy atom. The van der Waals surface area contributed by atoms with E-state index in [4.69, 9.17) is 0 Å². The second-order valence-corrected chi connectivity index (χ2v) is 5.66. The number of anilines is 3. The fourth-order valence-electron chi connectivity index (χ4n) is 2.24. The van der Waals surface area contributed by atoms with Gasteiger partial charge in [-0.2, -0.15) is 0 Å². The Labute approximate surface area is 142 Å². The van der Waals surface area contributed by atoms with Crippen LogP contribution in [0, 0.1) is 0 Å². The molecule has 2 amide bonds. The van der Waals surface area contributed by atoms with Crippen molar-refractivity contribution < 1.29 is 9.59 Å². The number of nitrogens with one attached hydrogen (secondary N) is 3. The van der Waals surface area contributed by atoms with E-state index in [0.717, 1.165) is 23.5 Å². The minimum absolute atomic E-state index is 0.106. The van der Waals surface area contributed by atoms with Crippen LogP contribution in [0.3, 0.4) is 0 Å². The predicted molar refractivity (Wildman–Crippen MR) is 98.3 cm³/mol. The number of hydrogen-bond acceptors (Lipinski definition) is 3. The summed E-state index contributed by atoms with van der Waals surface area (Å²) in [5, 5.41) is 8.74. The van der Waals surface area contributed by atoms with E-state index in [-0.39, 0.29) is 17.9 Å². The van der Waals surface area contributed by atoms with Gasteiger partial charge in [0.25, 0.3) is 0 Å². The number of carbonyl (C=O) groups is 2. The molecule has 5 heteroatoms. The molecule has 0 aliphatic rings.